The van der Waals surface area contributed by atoms with Crippen LogP contribution in [0.5, 0.6) is 11.5 Å². The molecular weight excluding hydrogens is 322 g/mol. The number of oxime groups is 1. The highest BCUT2D eigenvalue weighted by Crippen LogP contribution is 2.28. The lowest BCUT2D eigenvalue weighted by Gasteiger charge is -2.11. The van der Waals surface area contributed by atoms with Crippen molar-refractivity contribution in [3.8, 4) is 11.5 Å². The monoisotopic (exact) mass is 335 g/mol. The average molecular weight is 336 g/mol. The van der Waals surface area contributed by atoms with Crippen molar-refractivity contribution in [1.82, 2.24) is 0 Å². The van der Waals surface area contributed by atoms with E-state index in [1.165, 1.54) is 6.21 Å². The van der Waals surface area contributed by atoms with Crippen LogP contribution in [0.3, 0.4) is 0 Å². The van der Waals surface area contributed by atoms with Gasteiger partial charge in [0.25, 0.3) is 0 Å². The summed E-state index contributed by atoms with van der Waals surface area (Å²) in [7, 11) is 1.57. The molecule has 0 heterocycles. The van der Waals surface area contributed by atoms with E-state index < -0.39 is 0 Å². The van der Waals surface area contributed by atoms with Crippen LogP contribution in [0.25, 0.3) is 0 Å². The van der Waals surface area contributed by atoms with E-state index in [4.69, 9.17) is 14.7 Å². The second-order valence-electron chi connectivity index (χ2n) is 4.07. The van der Waals surface area contributed by atoms with Crippen LogP contribution >= 0.6 is 15.9 Å². The molecule has 0 aromatic heterocycles. The molecule has 0 saturated carbocycles. The lowest BCUT2D eigenvalue weighted by atomic mass is 10.2. The Morgan fingerprint density at radius 2 is 1.90 bits per heavy atom. The Hall–Kier alpha value is -2.01. The number of hydrogen-bond donors (Lipinski definition) is 1. The Labute approximate surface area is 125 Å². The third-order valence-electron chi connectivity index (χ3n) is 2.70. The SMILES string of the molecule is COc1cc(/C=N\O)ccc1OCc1ccc(Br)cc1. The summed E-state index contributed by atoms with van der Waals surface area (Å²) in [5.74, 6) is 1.24. The molecule has 0 aliphatic rings. The van der Waals surface area contributed by atoms with E-state index in [-0.39, 0.29) is 0 Å². The fourth-order valence-electron chi connectivity index (χ4n) is 1.69. The maximum Gasteiger partial charge on any atom is 0.161 e. The molecule has 0 aliphatic heterocycles. The van der Waals surface area contributed by atoms with Crippen LogP contribution in [0.4, 0.5) is 0 Å². The van der Waals surface area contributed by atoms with Gasteiger partial charge >= 0.3 is 0 Å². The third kappa shape index (κ3) is 3.74. The van der Waals surface area contributed by atoms with Gasteiger partial charge in [0.2, 0.25) is 0 Å². The van der Waals surface area contributed by atoms with Gasteiger partial charge < -0.3 is 14.7 Å². The van der Waals surface area contributed by atoms with Crippen LogP contribution in [0, 0.1) is 0 Å². The summed E-state index contributed by atoms with van der Waals surface area (Å²) in [6.07, 6.45) is 1.33. The zero-order chi connectivity index (χ0) is 14.4. The van der Waals surface area contributed by atoms with Gasteiger partial charge in [-0.2, -0.15) is 0 Å². The first kappa shape index (κ1) is 14.4. The minimum Gasteiger partial charge on any atom is -0.493 e. The van der Waals surface area contributed by atoms with Gasteiger partial charge in [0.15, 0.2) is 11.5 Å². The van der Waals surface area contributed by atoms with E-state index in [0.29, 0.717) is 18.1 Å². The van der Waals surface area contributed by atoms with Crippen LogP contribution in [0.2, 0.25) is 0 Å². The van der Waals surface area contributed by atoms with Crippen molar-refractivity contribution in [2.75, 3.05) is 7.11 Å². The van der Waals surface area contributed by atoms with E-state index in [0.717, 1.165) is 15.6 Å². The smallest absolute Gasteiger partial charge is 0.161 e. The molecule has 104 valence electrons. The summed E-state index contributed by atoms with van der Waals surface area (Å²) in [4.78, 5) is 0. The first-order valence-electron chi connectivity index (χ1n) is 5.95. The molecule has 2 aromatic carbocycles. The molecule has 20 heavy (non-hydrogen) atoms. The van der Waals surface area contributed by atoms with Crippen molar-refractivity contribution in [3.05, 3.63) is 58.1 Å². The van der Waals surface area contributed by atoms with E-state index in [1.54, 1.807) is 25.3 Å². The highest BCUT2D eigenvalue weighted by molar-refractivity contribution is 9.10. The first-order chi connectivity index (χ1) is 9.72. The van der Waals surface area contributed by atoms with Crippen LogP contribution in [-0.2, 0) is 6.61 Å². The molecule has 0 radical (unpaired) electrons. The predicted octanol–water partition coefficient (Wildman–Crippen LogP) is 3.84. The molecule has 0 aliphatic carbocycles. The van der Waals surface area contributed by atoms with E-state index >= 15 is 0 Å². The lowest BCUT2D eigenvalue weighted by molar-refractivity contribution is 0.284. The number of ether oxygens (including phenoxy) is 2. The van der Waals surface area contributed by atoms with Crippen molar-refractivity contribution in [1.29, 1.82) is 0 Å². The zero-order valence-corrected chi connectivity index (χ0v) is 12.5. The van der Waals surface area contributed by atoms with E-state index in [1.807, 2.05) is 24.3 Å². The van der Waals surface area contributed by atoms with Crippen LogP contribution in [0.1, 0.15) is 11.1 Å². The quantitative estimate of drug-likeness (QED) is 0.513. The second-order valence-corrected chi connectivity index (χ2v) is 4.99. The molecule has 0 atom stereocenters. The highest BCUT2D eigenvalue weighted by Gasteiger charge is 2.05. The third-order valence-corrected chi connectivity index (χ3v) is 3.23. The van der Waals surface area contributed by atoms with Gasteiger partial charge in [-0.15, -0.1) is 0 Å². The number of hydrogen-bond acceptors (Lipinski definition) is 4. The largest absolute Gasteiger partial charge is 0.493 e. The van der Waals surface area contributed by atoms with Gasteiger partial charge in [-0.25, -0.2) is 0 Å². The molecular formula is C15H14BrNO3. The molecule has 0 saturated heterocycles. The molecule has 0 unspecified atom stereocenters. The van der Waals surface area contributed by atoms with E-state index in [2.05, 4.69) is 21.1 Å². The Morgan fingerprint density at radius 3 is 2.55 bits per heavy atom. The Morgan fingerprint density at radius 1 is 1.15 bits per heavy atom. The topological polar surface area (TPSA) is 51.0 Å². The fraction of sp³-hybridized carbons (Fsp3) is 0.133. The highest BCUT2D eigenvalue weighted by atomic mass is 79.9. The van der Waals surface area contributed by atoms with Crippen LogP contribution in [-0.4, -0.2) is 18.5 Å². The van der Waals surface area contributed by atoms with Crippen molar-refractivity contribution in [2.24, 2.45) is 5.16 Å². The normalized spacial score (nSPS) is 10.7. The number of methoxy groups -OCH3 is 1. The summed E-state index contributed by atoms with van der Waals surface area (Å²) in [5, 5.41) is 11.5. The molecule has 0 spiro atoms. The molecule has 0 amide bonds. The number of nitrogens with zero attached hydrogens (tertiary/aromatic N) is 1. The summed E-state index contributed by atoms with van der Waals surface area (Å²) in [6.45, 7) is 0.455. The number of rotatable bonds is 5. The Balaban J connectivity index is 2.10. The summed E-state index contributed by atoms with van der Waals surface area (Å²) < 4.78 is 12.0. The van der Waals surface area contributed by atoms with Crippen molar-refractivity contribution >= 4 is 22.1 Å². The lowest BCUT2D eigenvalue weighted by Crippen LogP contribution is -1.98. The van der Waals surface area contributed by atoms with Gasteiger partial charge in [-0.05, 0) is 35.9 Å². The summed E-state index contributed by atoms with van der Waals surface area (Å²) in [5.41, 5.74) is 1.80. The maximum absolute atomic E-state index is 8.52. The number of benzene rings is 2. The molecule has 4 nitrogen and oxygen atoms in total. The van der Waals surface area contributed by atoms with Crippen molar-refractivity contribution in [2.45, 2.75) is 6.61 Å². The van der Waals surface area contributed by atoms with Gasteiger partial charge in [0.05, 0.1) is 13.3 Å². The van der Waals surface area contributed by atoms with Crippen LogP contribution < -0.4 is 9.47 Å². The summed E-state index contributed by atoms with van der Waals surface area (Å²) >= 11 is 3.39. The van der Waals surface area contributed by atoms with Crippen molar-refractivity contribution < 1.29 is 14.7 Å². The second kappa shape index (κ2) is 6.96. The molecule has 0 bridgehead atoms. The molecule has 0 fully saturated rings. The van der Waals surface area contributed by atoms with Crippen LogP contribution in [0.15, 0.2) is 52.1 Å². The Bertz CT molecular complexity index is 597. The average Bonchev–Trinajstić information content (AvgIpc) is 2.47. The Kier molecular flexibility index (Phi) is 5.01. The zero-order valence-electron chi connectivity index (χ0n) is 10.9. The van der Waals surface area contributed by atoms with Gasteiger partial charge in [0.1, 0.15) is 6.61 Å². The minimum absolute atomic E-state index is 0.455. The van der Waals surface area contributed by atoms with Crippen molar-refractivity contribution in [3.63, 3.8) is 0 Å². The molecule has 2 aromatic rings. The van der Waals surface area contributed by atoms with Gasteiger partial charge in [0, 0.05) is 10.0 Å². The fourth-order valence-corrected chi connectivity index (χ4v) is 1.96. The van der Waals surface area contributed by atoms with Gasteiger partial charge in [-0.1, -0.05) is 33.2 Å². The standard InChI is InChI=1S/C15H14BrNO3/c1-19-15-8-12(9-17-18)4-7-14(15)20-10-11-2-5-13(16)6-3-11/h2-9,18H,10H2,1H3/b17-9-. The van der Waals surface area contributed by atoms with Gasteiger partial charge in [-0.3, -0.25) is 0 Å². The maximum atomic E-state index is 8.52. The molecule has 1 N–H and O–H groups in total. The predicted molar refractivity (Wildman–Crippen MR) is 80.8 cm³/mol. The first-order valence-corrected chi connectivity index (χ1v) is 6.75. The van der Waals surface area contributed by atoms with E-state index in [9.17, 15) is 0 Å². The molecule has 2 rings (SSSR count). The summed E-state index contributed by atoms with van der Waals surface area (Å²) in [6, 6.07) is 13.2. The number of halogens is 1. The minimum atomic E-state index is 0.455. The molecule has 5 heteroatoms.